The van der Waals surface area contributed by atoms with E-state index in [-0.39, 0.29) is 12.0 Å². The lowest BCUT2D eigenvalue weighted by Gasteiger charge is -2.20. The van der Waals surface area contributed by atoms with Gasteiger partial charge in [-0.05, 0) is 49.1 Å². The molecule has 2 unspecified atom stereocenters. The van der Waals surface area contributed by atoms with E-state index in [9.17, 15) is 14.4 Å². The van der Waals surface area contributed by atoms with E-state index in [4.69, 9.17) is 16.3 Å². The molecule has 0 saturated carbocycles. The number of nitrogens with one attached hydrogen (secondary N) is 2. The summed E-state index contributed by atoms with van der Waals surface area (Å²) < 4.78 is 5.17. The number of benzene rings is 2. The van der Waals surface area contributed by atoms with Gasteiger partial charge in [0, 0.05) is 10.6 Å². The molecule has 2 rings (SSSR count). The molecule has 7 heteroatoms. The molecule has 0 spiro atoms. The molecule has 0 radical (unpaired) electrons. The average molecular weight is 431 g/mol. The standard InChI is InChI=1S/C23H27ClN2O4/c1-15(2)13-20(26-22(28)18-9-11-19(24)12-10-18)23(29)30-14-21(27)25-16(3)17-7-5-4-6-8-17/h4-12,15-16,20H,13-14H2,1-3H3,(H,25,27)(H,26,28). The summed E-state index contributed by atoms with van der Waals surface area (Å²) in [5.41, 5.74) is 1.33. The summed E-state index contributed by atoms with van der Waals surface area (Å²) >= 11 is 5.84. The number of hydrogen-bond donors (Lipinski definition) is 2. The first kappa shape index (κ1) is 23.4. The van der Waals surface area contributed by atoms with Crippen molar-refractivity contribution in [3.63, 3.8) is 0 Å². The molecule has 2 aromatic rings. The van der Waals surface area contributed by atoms with Crippen molar-refractivity contribution in [2.45, 2.75) is 39.3 Å². The Kier molecular flexibility index (Phi) is 8.87. The monoisotopic (exact) mass is 430 g/mol. The molecule has 0 aliphatic heterocycles. The fourth-order valence-corrected chi connectivity index (χ4v) is 3.00. The van der Waals surface area contributed by atoms with E-state index in [1.807, 2.05) is 51.1 Å². The molecule has 0 fully saturated rings. The second-order valence-electron chi connectivity index (χ2n) is 7.47. The van der Waals surface area contributed by atoms with Gasteiger partial charge < -0.3 is 15.4 Å². The molecule has 2 amide bonds. The van der Waals surface area contributed by atoms with Crippen LogP contribution in [0.3, 0.4) is 0 Å². The molecule has 30 heavy (non-hydrogen) atoms. The average Bonchev–Trinajstić information content (AvgIpc) is 2.72. The first-order chi connectivity index (χ1) is 14.3. The minimum Gasteiger partial charge on any atom is -0.454 e. The van der Waals surface area contributed by atoms with Crippen LogP contribution in [0.2, 0.25) is 5.02 Å². The van der Waals surface area contributed by atoms with Gasteiger partial charge in [0.25, 0.3) is 11.8 Å². The van der Waals surface area contributed by atoms with E-state index in [1.54, 1.807) is 24.3 Å². The summed E-state index contributed by atoms with van der Waals surface area (Å²) in [6, 6.07) is 14.8. The molecule has 2 aromatic carbocycles. The summed E-state index contributed by atoms with van der Waals surface area (Å²) in [6.07, 6.45) is 0.389. The van der Waals surface area contributed by atoms with Crippen LogP contribution in [0.25, 0.3) is 0 Å². The number of carbonyl (C=O) groups is 3. The lowest BCUT2D eigenvalue weighted by molar-refractivity contribution is -0.150. The van der Waals surface area contributed by atoms with Crippen molar-refractivity contribution in [1.82, 2.24) is 10.6 Å². The Bertz CT molecular complexity index is 853. The first-order valence-corrected chi connectivity index (χ1v) is 10.2. The number of hydrogen-bond acceptors (Lipinski definition) is 4. The van der Waals surface area contributed by atoms with Gasteiger partial charge in [-0.25, -0.2) is 4.79 Å². The molecule has 0 heterocycles. The highest BCUT2D eigenvalue weighted by Gasteiger charge is 2.25. The largest absolute Gasteiger partial charge is 0.454 e. The van der Waals surface area contributed by atoms with E-state index < -0.39 is 30.4 Å². The summed E-state index contributed by atoms with van der Waals surface area (Å²) in [5, 5.41) is 5.99. The molecule has 6 nitrogen and oxygen atoms in total. The van der Waals surface area contributed by atoms with Crippen molar-refractivity contribution >= 4 is 29.4 Å². The van der Waals surface area contributed by atoms with E-state index in [2.05, 4.69) is 10.6 Å². The molecule has 0 bridgehead atoms. The Labute approximate surface area is 182 Å². The lowest BCUT2D eigenvalue weighted by atomic mass is 10.0. The normalized spacial score (nSPS) is 12.7. The molecule has 2 N–H and O–H groups in total. The van der Waals surface area contributed by atoms with E-state index >= 15 is 0 Å². The molecule has 0 aromatic heterocycles. The van der Waals surface area contributed by atoms with E-state index in [0.29, 0.717) is 17.0 Å². The van der Waals surface area contributed by atoms with Crippen LogP contribution in [-0.2, 0) is 14.3 Å². The number of carbonyl (C=O) groups excluding carboxylic acids is 3. The van der Waals surface area contributed by atoms with Crippen molar-refractivity contribution in [1.29, 1.82) is 0 Å². The van der Waals surface area contributed by atoms with Crippen molar-refractivity contribution in [3.05, 3.63) is 70.7 Å². The maximum atomic E-state index is 12.5. The SMILES string of the molecule is CC(C)CC(NC(=O)c1ccc(Cl)cc1)C(=O)OCC(=O)NC(C)c1ccccc1. The predicted octanol–water partition coefficient (Wildman–Crippen LogP) is 3.91. The van der Waals surface area contributed by atoms with Crippen LogP contribution >= 0.6 is 11.6 Å². The van der Waals surface area contributed by atoms with E-state index in [0.717, 1.165) is 5.56 Å². The van der Waals surface area contributed by atoms with Crippen molar-refractivity contribution in [2.24, 2.45) is 5.92 Å². The molecule has 0 aliphatic rings. The minimum atomic E-state index is -0.854. The van der Waals surface area contributed by atoms with Gasteiger partial charge in [0.05, 0.1) is 6.04 Å². The van der Waals surface area contributed by atoms with Gasteiger partial charge in [0.1, 0.15) is 6.04 Å². The highest BCUT2D eigenvalue weighted by atomic mass is 35.5. The van der Waals surface area contributed by atoms with Crippen LogP contribution in [0.1, 0.15) is 49.2 Å². The van der Waals surface area contributed by atoms with Gasteiger partial charge in [-0.2, -0.15) is 0 Å². The topological polar surface area (TPSA) is 84.5 Å². The Morgan fingerprint density at radius 2 is 1.57 bits per heavy atom. The van der Waals surface area contributed by atoms with Gasteiger partial charge >= 0.3 is 5.97 Å². The zero-order valence-corrected chi connectivity index (χ0v) is 18.1. The van der Waals surface area contributed by atoms with Crippen LogP contribution in [0.4, 0.5) is 0 Å². The van der Waals surface area contributed by atoms with Crippen molar-refractivity contribution < 1.29 is 19.1 Å². The molecular formula is C23H27ClN2O4. The zero-order valence-electron chi connectivity index (χ0n) is 17.4. The van der Waals surface area contributed by atoms with Crippen molar-refractivity contribution in [3.8, 4) is 0 Å². The van der Waals surface area contributed by atoms with Crippen LogP contribution in [0.15, 0.2) is 54.6 Å². The number of esters is 1. The van der Waals surface area contributed by atoms with Gasteiger partial charge in [-0.15, -0.1) is 0 Å². The van der Waals surface area contributed by atoms with Gasteiger partial charge in [0.15, 0.2) is 6.61 Å². The highest BCUT2D eigenvalue weighted by molar-refractivity contribution is 6.30. The number of amides is 2. The van der Waals surface area contributed by atoms with Crippen LogP contribution < -0.4 is 10.6 Å². The second-order valence-corrected chi connectivity index (χ2v) is 7.91. The maximum absolute atomic E-state index is 12.5. The second kappa shape index (κ2) is 11.4. The fraction of sp³-hybridized carbons (Fsp3) is 0.348. The molecule has 2 atom stereocenters. The fourth-order valence-electron chi connectivity index (χ4n) is 2.87. The zero-order chi connectivity index (χ0) is 22.1. The molecule has 0 saturated heterocycles. The van der Waals surface area contributed by atoms with Crippen LogP contribution in [0, 0.1) is 5.92 Å². The minimum absolute atomic E-state index is 0.139. The van der Waals surface area contributed by atoms with E-state index in [1.165, 1.54) is 0 Å². The van der Waals surface area contributed by atoms with Crippen molar-refractivity contribution in [2.75, 3.05) is 6.61 Å². The smallest absolute Gasteiger partial charge is 0.329 e. The first-order valence-electron chi connectivity index (χ1n) is 9.83. The molecular weight excluding hydrogens is 404 g/mol. The quantitative estimate of drug-likeness (QED) is 0.591. The Hall–Kier alpha value is -2.86. The summed E-state index contributed by atoms with van der Waals surface area (Å²) in [7, 11) is 0. The molecule has 160 valence electrons. The van der Waals surface area contributed by atoms with Gasteiger partial charge in [-0.1, -0.05) is 55.8 Å². The number of rotatable bonds is 9. The lowest BCUT2D eigenvalue weighted by Crippen LogP contribution is -2.43. The summed E-state index contributed by atoms with van der Waals surface area (Å²) in [5.74, 6) is -1.32. The number of ether oxygens (including phenoxy) is 1. The number of halogens is 1. The summed E-state index contributed by atoms with van der Waals surface area (Å²) in [6.45, 7) is 5.30. The third kappa shape index (κ3) is 7.52. The summed E-state index contributed by atoms with van der Waals surface area (Å²) in [4.78, 5) is 37.1. The Balaban J connectivity index is 1.91. The third-order valence-electron chi connectivity index (χ3n) is 4.43. The van der Waals surface area contributed by atoms with Crippen LogP contribution in [-0.4, -0.2) is 30.4 Å². The predicted molar refractivity (Wildman–Crippen MR) is 116 cm³/mol. The van der Waals surface area contributed by atoms with Gasteiger partial charge in [0.2, 0.25) is 0 Å². The molecule has 0 aliphatic carbocycles. The van der Waals surface area contributed by atoms with Crippen LogP contribution in [0.5, 0.6) is 0 Å². The Morgan fingerprint density at radius 1 is 0.933 bits per heavy atom. The van der Waals surface area contributed by atoms with Gasteiger partial charge in [-0.3, -0.25) is 9.59 Å². The third-order valence-corrected chi connectivity index (χ3v) is 4.68. The highest BCUT2D eigenvalue weighted by Crippen LogP contribution is 2.13. The maximum Gasteiger partial charge on any atom is 0.329 e. The Morgan fingerprint density at radius 3 is 2.17 bits per heavy atom.